The minimum atomic E-state index is -1.31. The zero-order valence-electron chi connectivity index (χ0n) is 24.0. The summed E-state index contributed by atoms with van der Waals surface area (Å²) in [6.07, 6.45) is 10.2. The summed E-state index contributed by atoms with van der Waals surface area (Å²) >= 11 is 0. The Morgan fingerprint density at radius 3 is 2.38 bits per heavy atom. The van der Waals surface area contributed by atoms with Crippen LogP contribution >= 0.6 is 0 Å². The molecule has 2 fully saturated rings. The van der Waals surface area contributed by atoms with Crippen LogP contribution in [0.2, 0.25) is 0 Å². The molecule has 4 aliphatic heterocycles. The van der Waals surface area contributed by atoms with Gasteiger partial charge in [-0.05, 0) is 30.5 Å². The second-order valence-electron chi connectivity index (χ2n) is 11.7. The number of unbranched alkanes of at least 4 members (excludes halogenated alkanes) is 2. The van der Waals surface area contributed by atoms with Gasteiger partial charge in [-0.3, -0.25) is 14.4 Å². The molecule has 8 heteroatoms. The van der Waals surface area contributed by atoms with Crippen LogP contribution in [-0.2, 0) is 25.5 Å². The first-order valence-corrected chi connectivity index (χ1v) is 15.1. The highest BCUT2D eigenvalue weighted by Crippen LogP contribution is 2.54. The van der Waals surface area contributed by atoms with Crippen LogP contribution in [0, 0.1) is 11.8 Å². The van der Waals surface area contributed by atoms with E-state index < -0.39 is 35.6 Å². The number of carbonyl (C=O) groups is 3. The van der Waals surface area contributed by atoms with Crippen LogP contribution < -0.4 is 4.90 Å². The number of hydrogen-bond acceptors (Lipinski definition) is 5. The number of fused-ring (bicyclic) bond motifs is 2. The molecule has 0 aliphatic carbocycles. The van der Waals surface area contributed by atoms with Gasteiger partial charge in [0.2, 0.25) is 17.7 Å². The van der Waals surface area contributed by atoms with Crippen molar-refractivity contribution in [3.05, 3.63) is 90.5 Å². The molecule has 0 radical (unpaired) electrons. The highest BCUT2D eigenvalue weighted by molar-refractivity contribution is 6.04. The fraction of sp³-hybridized carbons (Fsp3) is 0.441. The zero-order chi connectivity index (χ0) is 29.3. The number of likely N-dealkylation sites (tertiary alicyclic amines) is 1. The Labute approximate surface area is 247 Å². The summed E-state index contributed by atoms with van der Waals surface area (Å²) in [5.74, 6) is -2.39. The number of para-hydroxylation sites is 1. The molecular formula is C34H39N3O5. The molecule has 2 aromatic rings. The molecule has 0 bridgehead atoms. The van der Waals surface area contributed by atoms with Crippen LogP contribution in [0.5, 0.6) is 0 Å². The molecule has 8 nitrogen and oxygen atoms in total. The molecule has 1 N–H and O–H groups in total. The summed E-state index contributed by atoms with van der Waals surface area (Å²) in [6.45, 7) is 3.16. The molecule has 0 aromatic heterocycles. The van der Waals surface area contributed by atoms with Crippen LogP contribution in [0.1, 0.15) is 31.7 Å². The maximum atomic E-state index is 14.7. The zero-order valence-corrected chi connectivity index (χ0v) is 24.0. The van der Waals surface area contributed by atoms with Crippen molar-refractivity contribution in [1.82, 2.24) is 9.80 Å². The second kappa shape index (κ2) is 11.9. The molecule has 1 unspecified atom stereocenters. The summed E-state index contributed by atoms with van der Waals surface area (Å²) in [5, 5.41) is 10.7. The van der Waals surface area contributed by atoms with E-state index in [1.807, 2.05) is 85.0 Å². The van der Waals surface area contributed by atoms with E-state index in [9.17, 15) is 19.5 Å². The Hall–Kier alpha value is -3.75. The number of ether oxygens (including phenoxy) is 1. The molecule has 6 atom stereocenters. The first kappa shape index (κ1) is 28.4. The number of carbonyl (C=O) groups excluding carboxylic acids is 3. The van der Waals surface area contributed by atoms with E-state index in [1.165, 1.54) is 0 Å². The number of amides is 3. The monoisotopic (exact) mass is 569 g/mol. The van der Waals surface area contributed by atoms with Crippen molar-refractivity contribution in [2.45, 2.75) is 56.4 Å². The lowest BCUT2D eigenvalue weighted by atomic mass is 9.77. The fourth-order valence-electron chi connectivity index (χ4n) is 7.25. The second-order valence-corrected chi connectivity index (χ2v) is 11.7. The topological polar surface area (TPSA) is 90.4 Å². The van der Waals surface area contributed by atoms with Crippen LogP contribution in [0.3, 0.4) is 0 Å². The molecule has 2 aromatic carbocycles. The van der Waals surface area contributed by atoms with Gasteiger partial charge in [0, 0.05) is 25.3 Å². The Morgan fingerprint density at radius 1 is 0.929 bits per heavy atom. The smallest absolute Gasteiger partial charge is 0.249 e. The van der Waals surface area contributed by atoms with E-state index in [2.05, 4.69) is 6.92 Å². The molecule has 42 heavy (non-hydrogen) atoms. The van der Waals surface area contributed by atoms with Gasteiger partial charge in [0.25, 0.3) is 0 Å². The molecule has 2 saturated heterocycles. The van der Waals surface area contributed by atoms with Crippen molar-refractivity contribution in [3.8, 4) is 0 Å². The number of benzene rings is 2. The third-order valence-corrected chi connectivity index (χ3v) is 9.20. The Balaban J connectivity index is 1.42. The van der Waals surface area contributed by atoms with Crippen LogP contribution in [0.25, 0.3) is 0 Å². The lowest BCUT2D eigenvalue weighted by Crippen LogP contribution is -2.58. The van der Waals surface area contributed by atoms with Gasteiger partial charge in [0.15, 0.2) is 0 Å². The van der Waals surface area contributed by atoms with Crippen molar-refractivity contribution in [2.24, 2.45) is 11.8 Å². The number of rotatable bonds is 9. The van der Waals surface area contributed by atoms with Crippen LogP contribution in [0.15, 0.2) is 85.0 Å². The van der Waals surface area contributed by atoms with Crippen molar-refractivity contribution in [3.63, 3.8) is 0 Å². The third kappa shape index (κ3) is 4.76. The highest BCUT2D eigenvalue weighted by Gasteiger charge is 2.72. The van der Waals surface area contributed by atoms with E-state index in [0.717, 1.165) is 30.5 Å². The molecule has 4 aliphatic rings. The van der Waals surface area contributed by atoms with Crippen molar-refractivity contribution in [1.29, 1.82) is 0 Å². The average Bonchev–Trinajstić information content (AvgIpc) is 3.33. The third-order valence-electron chi connectivity index (χ3n) is 9.20. The van der Waals surface area contributed by atoms with E-state index >= 15 is 0 Å². The number of anilines is 1. The molecule has 6 rings (SSSR count). The van der Waals surface area contributed by atoms with Crippen molar-refractivity contribution in [2.75, 3.05) is 31.1 Å². The van der Waals surface area contributed by atoms with Gasteiger partial charge in [-0.2, -0.15) is 0 Å². The number of aliphatic hydroxyl groups excluding tert-OH is 1. The normalized spacial score (nSPS) is 29.3. The van der Waals surface area contributed by atoms with E-state index in [0.29, 0.717) is 26.1 Å². The van der Waals surface area contributed by atoms with Gasteiger partial charge in [-0.15, -0.1) is 0 Å². The van der Waals surface area contributed by atoms with Gasteiger partial charge in [0.1, 0.15) is 11.6 Å². The molecule has 3 amide bonds. The quantitative estimate of drug-likeness (QED) is 0.370. The summed E-state index contributed by atoms with van der Waals surface area (Å²) in [4.78, 5) is 48.5. The summed E-state index contributed by atoms with van der Waals surface area (Å²) in [5.41, 5.74) is 0.390. The maximum Gasteiger partial charge on any atom is 0.249 e. The summed E-state index contributed by atoms with van der Waals surface area (Å²) in [7, 11) is 0. The standard InChI is InChI=1S/C34H39N3O5/c1-2-3-10-19-35-20-12-18-34-29(28-27(42-34)17-11-21-36(31(28)39)25-15-8-5-9-16-25)32(40)37(30(34)33(35)41)26(23-38)22-24-13-6-4-7-14-24/h4-9,11-18,26-30,38H,2-3,10,19-23H2,1H3/t26-,27+,28-,29+,30?,34+/m1/s1. The lowest BCUT2D eigenvalue weighted by molar-refractivity contribution is -0.150. The number of hydrogen-bond donors (Lipinski definition) is 1. The summed E-state index contributed by atoms with van der Waals surface area (Å²) in [6, 6.07) is 17.5. The van der Waals surface area contributed by atoms with Crippen LogP contribution in [-0.4, -0.2) is 82.7 Å². The Morgan fingerprint density at radius 2 is 1.67 bits per heavy atom. The first-order chi connectivity index (χ1) is 20.5. The van der Waals surface area contributed by atoms with Gasteiger partial charge in [-0.1, -0.05) is 92.6 Å². The average molecular weight is 570 g/mol. The van der Waals surface area contributed by atoms with Crippen molar-refractivity contribution >= 4 is 23.4 Å². The maximum absolute atomic E-state index is 14.7. The molecular weight excluding hydrogens is 530 g/mol. The summed E-state index contributed by atoms with van der Waals surface area (Å²) < 4.78 is 6.77. The minimum absolute atomic E-state index is 0.189. The van der Waals surface area contributed by atoms with Crippen molar-refractivity contribution < 1.29 is 24.2 Å². The first-order valence-electron chi connectivity index (χ1n) is 15.1. The highest BCUT2D eigenvalue weighted by atomic mass is 16.5. The van der Waals surface area contributed by atoms with Gasteiger partial charge < -0.3 is 24.5 Å². The predicted molar refractivity (Wildman–Crippen MR) is 159 cm³/mol. The Bertz CT molecular complexity index is 1360. The minimum Gasteiger partial charge on any atom is -0.394 e. The van der Waals surface area contributed by atoms with E-state index in [-0.39, 0.29) is 24.3 Å². The fourth-order valence-corrected chi connectivity index (χ4v) is 7.25. The van der Waals surface area contributed by atoms with Gasteiger partial charge >= 0.3 is 0 Å². The number of aliphatic hydroxyl groups is 1. The predicted octanol–water partition coefficient (Wildman–Crippen LogP) is 3.36. The van der Waals surface area contributed by atoms with E-state index in [4.69, 9.17) is 4.74 Å². The van der Waals surface area contributed by atoms with E-state index in [1.54, 1.807) is 14.7 Å². The molecule has 0 saturated carbocycles. The largest absolute Gasteiger partial charge is 0.394 e. The Kier molecular flexibility index (Phi) is 8.01. The molecule has 220 valence electrons. The van der Waals surface area contributed by atoms with Gasteiger partial charge in [0.05, 0.1) is 30.6 Å². The molecule has 1 spiro atoms. The van der Waals surface area contributed by atoms with Gasteiger partial charge in [-0.25, -0.2) is 0 Å². The van der Waals surface area contributed by atoms with Crippen LogP contribution in [0.4, 0.5) is 5.69 Å². The lowest BCUT2D eigenvalue weighted by Gasteiger charge is -2.38. The number of nitrogens with zero attached hydrogens (tertiary/aromatic N) is 3. The SMILES string of the molecule is CCCCCN1CC=C[C@]23O[C@H]4C=CCN(c5ccccc5)C(=O)[C@H]4[C@H]2C(=O)N([C@@H](CO)Cc2ccccc2)C3C1=O. The molecule has 4 heterocycles.